The van der Waals surface area contributed by atoms with Crippen LogP contribution in [-0.4, -0.2) is 18.3 Å². The molecule has 1 aliphatic carbocycles. The van der Waals surface area contributed by atoms with Gasteiger partial charge in [0.05, 0.1) is 13.2 Å². The van der Waals surface area contributed by atoms with Crippen molar-refractivity contribution in [3.05, 3.63) is 41.5 Å². The highest BCUT2D eigenvalue weighted by Gasteiger charge is 2.22. The van der Waals surface area contributed by atoms with E-state index in [4.69, 9.17) is 4.74 Å². The zero-order valence-corrected chi connectivity index (χ0v) is 9.10. The molecule has 1 N–H and O–H groups in total. The van der Waals surface area contributed by atoms with Crippen LogP contribution in [0.4, 0.5) is 0 Å². The highest BCUT2D eigenvalue weighted by atomic mass is 16.5. The van der Waals surface area contributed by atoms with Gasteiger partial charge in [-0.1, -0.05) is 24.3 Å². The lowest BCUT2D eigenvalue weighted by atomic mass is 9.95. The van der Waals surface area contributed by atoms with Crippen molar-refractivity contribution in [1.29, 1.82) is 0 Å². The normalized spacial score (nSPS) is 24.5. The molecule has 0 saturated heterocycles. The topological polar surface area (TPSA) is 29.5 Å². The van der Waals surface area contributed by atoms with E-state index in [0.29, 0.717) is 0 Å². The fourth-order valence-corrected chi connectivity index (χ4v) is 2.08. The molecule has 0 heterocycles. The lowest BCUT2D eigenvalue weighted by Gasteiger charge is -2.15. The van der Waals surface area contributed by atoms with E-state index < -0.39 is 0 Å². The summed E-state index contributed by atoms with van der Waals surface area (Å²) in [7, 11) is 1.67. The first kappa shape index (κ1) is 10.2. The van der Waals surface area contributed by atoms with Gasteiger partial charge in [0.2, 0.25) is 0 Å². The molecule has 0 aromatic heterocycles. The molecule has 15 heavy (non-hydrogen) atoms. The Balaban J connectivity index is 2.30. The smallest absolute Gasteiger partial charge is 0.121 e. The highest BCUT2D eigenvalue weighted by molar-refractivity contribution is 5.40. The van der Waals surface area contributed by atoms with Gasteiger partial charge in [-0.25, -0.2) is 0 Å². The summed E-state index contributed by atoms with van der Waals surface area (Å²) >= 11 is 0. The third-order valence-corrected chi connectivity index (χ3v) is 2.94. The molecule has 2 rings (SSSR count). The van der Waals surface area contributed by atoms with E-state index in [1.54, 1.807) is 7.11 Å². The third kappa shape index (κ3) is 1.90. The van der Waals surface area contributed by atoms with Gasteiger partial charge in [-0.3, -0.25) is 0 Å². The van der Waals surface area contributed by atoms with Crippen molar-refractivity contribution >= 4 is 0 Å². The molecule has 2 nitrogen and oxygen atoms in total. The predicted molar refractivity (Wildman–Crippen MR) is 60.2 cm³/mol. The van der Waals surface area contributed by atoms with Crippen LogP contribution in [0.5, 0.6) is 5.75 Å². The van der Waals surface area contributed by atoms with E-state index >= 15 is 0 Å². The number of hydrogen-bond acceptors (Lipinski definition) is 2. The zero-order chi connectivity index (χ0) is 10.8. The lowest BCUT2D eigenvalue weighted by molar-refractivity contribution is 0.171. The van der Waals surface area contributed by atoms with E-state index in [9.17, 15) is 5.11 Å². The Labute approximate surface area is 90.2 Å². The Morgan fingerprint density at radius 1 is 1.40 bits per heavy atom. The molecule has 2 atom stereocenters. The van der Waals surface area contributed by atoms with Crippen LogP contribution >= 0.6 is 0 Å². The summed E-state index contributed by atoms with van der Waals surface area (Å²) in [6.07, 6.45) is 4.61. The summed E-state index contributed by atoms with van der Waals surface area (Å²) < 4.78 is 5.21. The summed E-state index contributed by atoms with van der Waals surface area (Å²) in [5.74, 6) is 1.05. The molecule has 0 bridgehead atoms. The summed E-state index contributed by atoms with van der Waals surface area (Å²) in [6.45, 7) is 2.02. The second kappa shape index (κ2) is 4.07. The standard InChI is InChI=1S/C13H16O2/c1-9-8-10(6-7-13(9)15-2)11-4-3-5-12(11)14/h3-4,6-8,11-12,14H,5H2,1-2H3/t11-,12+/m0/s1. The number of benzene rings is 1. The molecule has 0 unspecified atom stereocenters. The molecule has 1 aromatic carbocycles. The van der Waals surface area contributed by atoms with Crippen LogP contribution in [0.2, 0.25) is 0 Å². The molecule has 0 radical (unpaired) electrons. The van der Waals surface area contributed by atoms with Crippen molar-refractivity contribution in [3.8, 4) is 5.75 Å². The molecule has 2 heteroatoms. The molecule has 80 valence electrons. The molecule has 1 aliphatic rings. The van der Waals surface area contributed by atoms with Gasteiger partial charge < -0.3 is 9.84 Å². The average Bonchev–Trinajstić information content (AvgIpc) is 2.64. The quantitative estimate of drug-likeness (QED) is 0.750. The maximum atomic E-state index is 9.77. The number of aliphatic hydroxyl groups excluding tert-OH is 1. The number of methoxy groups -OCH3 is 1. The van der Waals surface area contributed by atoms with Gasteiger partial charge in [-0.15, -0.1) is 0 Å². The summed E-state index contributed by atoms with van der Waals surface area (Å²) in [6, 6.07) is 6.07. The Bertz CT molecular complexity index is 382. The largest absolute Gasteiger partial charge is 0.496 e. The summed E-state index contributed by atoms with van der Waals surface area (Å²) in [5, 5.41) is 9.77. The summed E-state index contributed by atoms with van der Waals surface area (Å²) in [5.41, 5.74) is 2.28. The summed E-state index contributed by atoms with van der Waals surface area (Å²) in [4.78, 5) is 0. The monoisotopic (exact) mass is 204 g/mol. The number of hydrogen-bond donors (Lipinski definition) is 1. The first-order chi connectivity index (χ1) is 7.22. The van der Waals surface area contributed by atoms with E-state index in [-0.39, 0.29) is 12.0 Å². The third-order valence-electron chi connectivity index (χ3n) is 2.94. The van der Waals surface area contributed by atoms with Crippen molar-refractivity contribution < 1.29 is 9.84 Å². The van der Waals surface area contributed by atoms with Crippen molar-refractivity contribution in [2.75, 3.05) is 7.11 Å². The van der Waals surface area contributed by atoms with Gasteiger partial charge in [0.15, 0.2) is 0 Å². The van der Waals surface area contributed by atoms with Gasteiger partial charge in [0.25, 0.3) is 0 Å². The van der Waals surface area contributed by atoms with Gasteiger partial charge >= 0.3 is 0 Å². The second-order valence-corrected chi connectivity index (χ2v) is 3.99. The van der Waals surface area contributed by atoms with Crippen molar-refractivity contribution in [2.24, 2.45) is 0 Å². The Morgan fingerprint density at radius 3 is 2.73 bits per heavy atom. The van der Waals surface area contributed by atoms with E-state index in [0.717, 1.165) is 23.3 Å². The van der Waals surface area contributed by atoms with Crippen LogP contribution in [0.25, 0.3) is 0 Å². The maximum absolute atomic E-state index is 9.77. The molecule has 0 aliphatic heterocycles. The minimum absolute atomic E-state index is 0.148. The Morgan fingerprint density at radius 2 is 2.20 bits per heavy atom. The van der Waals surface area contributed by atoms with Crippen LogP contribution in [0.15, 0.2) is 30.4 Å². The molecule has 1 aromatic rings. The fraction of sp³-hybridized carbons (Fsp3) is 0.385. The fourth-order valence-electron chi connectivity index (χ4n) is 2.08. The molecule has 0 spiro atoms. The maximum Gasteiger partial charge on any atom is 0.121 e. The predicted octanol–water partition coefficient (Wildman–Crippen LogP) is 2.41. The zero-order valence-electron chi connectivity index (χ0n) is 9.10. The lowest BCUT2D eigenvalue weighted by Crippen LogP contribution is -2.11. The minimum Gasteiger partial charge on any atom is -0.496 e. The number of aryl methyl sites for hydroxylation is 1. The first-order valence-electron chi connectivity index (χ1n) is 5.21. The van der Waals surface area contributed by atoms with Crippen molar-refractivity contribution in [1.82, 2.24) is 0 Å². The second-order valence-electron chi connectivity index (χ2n) is 3.99. The molecule has 0 saturated carbocycles. The van der Waals surface area contributed by atoms with E-state index in [2.05, 4.69) is 12.1 Å². The Kier molecular flexibility index (Phi) is 2.78. The average molecular weight is 204 g/mol. The molecule has 0 amide bonds. The van der Waals surface area contributed by atoms with Crippen LogP contribution < -0.4 is 4.74 Å². The number of ether oxygens (including phenoxy) is 1. The molecular weight excluding hydrogens is 188 g/mol. The number of aliphatic hydroxyl groups is 1. The van der Waals surface area contributed by atoms with Gasteiger partial charge in [-0.05, 0) is 30.5 Å². The van der Waals surface area contributed by atoms with E-state index in [1.807, 2.05) is 25.1 Å². The SMILES string of the molecule is COc1ccc([C@@H]2C=CC[C@H]2O)cc1C. The molecular formula is C13H16O2. The van der Waals surface area contributed by atoms with E-state index in [1.165, 1.54) is 0 Å². The Hall–Kier alpha value is -1.28. The van der Waals surface area contributed by atoms with Crippen LogP contribution in [0, 0.1) is 6.92 Å². The van der Waals surface area contributed by atoms with Gasteiger partial charge in [0, 0.05) is 5.92 Å². The van der Waals surface area contributed by atoms with Crippen molar-refractivity contribution in [2.45, 2.75) is 25.4 Å². The van der Waals surface area contributed by atoms with Crippen LogP contribution in [-0.2, 0) is 0 Å². The highest BCUT2D eigenvalue weighted by Crippen LogP contribution is 2.31. The molecule has 0 fully saturated rings. The van der Waals surface area contributed by atoms with Crippen LogP contribution in [0.1, 0.15) is 23.5 Å². The van der Waals surface area contributed by atoms with Crippen molar-refractivity contribution in [3.63, 3.8) is 0 Å². The van der Waals surface area contributed by atoms with Gasteiger partial charge in [-0.2, -0.15) is 0 Å². The number of rotatable bonds is 2. The minimum atomic E-state index is -0.266. The van der Waals surface area contributed by atoms with Crippen LogP contribution in [0.3, 0.4) is 0 Å². The first-order valence-corrected chi connectivity index (χ1v) is 5.21. The van der Waals surface area contributed by atoms with Gasteiger partial charge in [0.1, 0.15) is 5.75 Å².